The smallest absolute Gasteiger partial charge is 1.00 e. The molecule has 4 aliphatic carbocycles. The Bertz CT molecular complexity index is 8610. The monoisotopic (exact) mass is 1660 g/mol. The summed E-state index contributed by atoms with van der Waals surface area (Å²) in [5, 5.41) is 9.93. The molecule has 594 valence electrons. The van der Waals surface area contributed by atoms with Gasteiger partial charge in [0.05, 0.1) is 49.4 Å². The number of hydrogen-bond acceptors (Lipinski definition) is 6. The molecule has 4 aliphatic rings. The van der Waals surface area contributed by atoms with Gasteiger partial charge in [-0.15, -0.1) is 0 Å². The fourth-order valence-corrected chi connectivity index (χ4v) is 22.1. The molecule has 0 amide bonds. The zero-order valence-corrected chi connectivity index (χ0v) is 72.1. The molecule has 18 aromatic carbocycles. The number of nitrogens with zero attached hydrogens (tertiary/aromatic N) is 9. The molecule has 0 aliphatic heterocycles. The molecule has 12 heteroatoms. The van der Waals surface area contributed by atoms with Gasteiger partial charge in [0.25, 0.3) is 0 Å². The molecular weight excluding hydrogens is 1590 g/mol. The maximum Gasteiger partial charge on any atom is 1.00 e. The van der Waals surface area contributed by atoms with Gasteiger partial charge < -0.3 is 15.5 Å². The van der Waals surface area contributed by atoms with E-state index in [2.05, 4.69) is 417 Å². The van der Waals surface area contributed by atoms with E-state index in [1.807, 2.05) is 36.4 Å². The normalized spacial score (nSPS) is 12.9. The van der Waals surface area contributed by atoms with E-state index < -0.39 is 10.8 Å². The predicted molar refractivity (Wildman–Crippen MR) is 519 cm³/mol. The van der Waals surface area contributed by atoms with Gasteiger partial charge >= 0.3 is 29.6 Å². The molecule has 28 rings (SSSR count). The number of H-pyrrole nitrogens is 1. The predicted octanol–water partition coefficient (Wildman–Crippen LogP) is 25.5. The first-order valence-corrected chi connectivity index (χ1v) is 43.5. The van der Waals surface area contributed by atoms with Gasteiger partial charge in [-0.2, -0.15) is 19.9 Å². The largest absolute Gasteiger partial charge is 1.00 e. The number of aromatic nitrogens is 10. The molecule has 0 radical (unpaired) electrons. The first kappa shape index (κ1) is 75.0. The summed E-state index contributed by atoms with van der Waals surface area (Å²) in [5.41, 5.74) is 34.4. The SMILES string of the molecule is Clc1nc(-c2ccccc2)nc(-c2cccc3c2-c2ccccc2C32c3ccccc3-c3ccccc32)n1.[H-].[Na+].c1ccc(-c2nc(-c3cccc4c3-c3ccccc3C43c4ccccc4-c4ccccc43)nc(-n3c4ccccc4c4ccc5c6ccccc6n(-c6ccccc6)c5c43)n2)cc1.c1ccc(-n2c3ccccc3c3ccc4c5ccccc5[nH]c4c32)cc1. The van der Waals surface area contributed by atoms with Crippen LogP contribution in [-0.4, -0.2) is 48.6 Å². The fourth-order valence-electron chi connectivity index (χ4n) is 21.9. The number of benzene rings is 18. The number of aromatic amines is 1. The Hall–Kier alpha value is -15.5. The number of fused-ring (bicyclic) bond motifs is 34. The van der Waals surface area contributed by atoms with Crippen LogP contribution in [0.5, 0.6) is 0 Å². The van der Waals surface area contributed by atoms with Gasteiger partial charge in [-0.25, -0.2) is 9.97 Å². The molecule has 6 aromatic heterocycles. The van der Waals surface area contributed by atoms with E-state index in [4.69, 9.17) is 31.5 Å². The standard InChI is InChI=1S/C58H35N5.C34H20ClN3.C24H16N2.Na.H/c1-3-18-36(19-4-1)55-59-56(45-27-17-31-49-52(45)44-26-9-14-30-48(44)58(49)46-28-12-7-22-38(46)39-23-8-13-29-47(39)58)61-57(60-55)63-51-33-16-11-25-41(51)43-35-34-42-40-24-10-15-32-50(40)62(53(42)54(43)63)37-20-5-2-6-21-37;35-33-37-31(21-11-2-1-3-12-21)36-32(38-33)25-16-10-20-29-30(25)24-15-6-9-19-28(24)34(29)26-17-7-4-13-22(26)23-14-5-8-18-27(23)34;1-2-8-16(9-3-1)26-22-13-7-5-11-18(22)20-15-14-19-17-10-4-6-12-21(17)25-23(19)24(20)26;;/h1-35H;1-20H;1-15,25H;;/q;;;+1;-1. The Morgan fingerprint density at radius 1 is 0.227 bits per heavy atom. The second-order valence-corrected chi connectivity index (χ2v) is 33.5. The summed E-state index contributed by atoms with van der Waals surface area (Å²) in [6, 6.07) is 151. The van der Waals surface area contributed by atoms with Crippen LogP contribution in [0.3, 0.4) is 0 Å². The van der Waals surface area contributed by atoms with E-state index in [9.17, 15) is 0 Å². The van der Waals surface area contributed by atoms with E-state index in [0.29, 0.717) is 29.2 Å². The number of halogens is 1. The average Bonchev–Trinajstić information content (AvgIpc) is 1.51. The minimum Gasteiger partial charge on any atom is -1.00 e. The zero-order chi connectivity index (χ0) is 83.6. The molecule has 128 heavy (non-hydrogen) atoms. The molecule has 0 saturated carbocycles. The third kappa shape index (κ3) is 10.9. The number of para-hydroxylation sites is 6. The molecule has 2 spiro atoms. The Morgan fingerprint density at radius 2 is 0.531 bits per heavy atom. The van der Waals surface area contributed by atoms with Gasteiger partial charge in [0.1, 0.15) is 0 Å². The summed E-state index contributed by atoms with van der Waals surface area (Å²) >= 11 is 6.49. The summed E-state index contributed by atoms with van der Waals surface area (Å²) in [6.45, 7) is 0. The molecule has 10 nitrogen and oxygen atoms in total. The quantitative estimate of drug-likeness (QED) is 0.159. The summed E-state index contributed by atoms with van der Waals surface area (Å²) in [5.74, 6) is 2.96. The zero-order valence-electron chi connectivity index (χ0n) is 70.3. The van der Waals surface area contributed by atoms with Crippen LogP contribution in [0.4, 0.5) is 0 Å². The minimum absolute atomic E-state index is 0. The van der Waals surface area contributed by atoms with Crippen molar-refractivity contribution in [2.75, 3.05) is 0 Å². The summed E-state index contributed by atoms with van der Waals surface area (Å²) < 4.78 is 7.06. The van der Waals surface area contributed by atoms with Crippen LogP contribution in [0, 0.1) is 0 Å². The van der Waals surface area contributed by atoms with Crippen LogP contribution in [-0.2, 0) is 10.8 Å². The molecular formula is C116H72ClN10Na. The van der Waals surface area contributed by atoms with Gasteiger partial charge in [0, 0.05) is 82.2 Å². The van der Waals surface area contributed by atoms with E-state index in [1.165, 1.54) is 138 Å². The fraction of sp³-hybridized carbons (Fsp3) is 0.0172. The Kier molecular flexibility index (Phi) is 17.3. The Balaban J connectivity index is 0.000000118. The van der Waals surface area contributed by atoms with Gasteiger partial charge in [0.15, 0.2) is 23.3 Å². The molecule has 6 heterocycles. The van der Waals surface area contributed by atoms with Gasteiger partial charge in [0.2, 0.25) is 11.2 Å². The number of hydrogen-bond donors (Lipinski definition) is 1. The first-order valence-electron chi connectivity index (χ1n) is 43.1. The maximum absolute atomic E-state index is 6.49. The molecule has 1 N–H and O–H groups in total. The third-order valence-corrected chi connectivity index (χ3v) is 27.0. The summed E-state index contributed by atoms with van der Waals surface area (Å²) in [6.07, 6.45) is 0. The second kappa shape index (κ2) is 29.6. The van der Waals surface area contributed by atoms with Crippen molar-refractivity contribution in [2.24, 2.45) is 0 Å². The van der Waals surface area contributed by atoms with E-state index in [-0.39, 0.29) is 36.3 Å². The summed E-state index contributed by atoms with van der Waals surface area (Å²) in [7, 11) is 0. The Labute approximate surface area is 764 Å². The van der Waals surface area contributed by atoms with Crippen molar-refractivity contribution >= 4 is 98.8 Å². The van der Waals surface area contributed by atoms with Gasteiger partial charge in [-0.05, 0) is 149 Å². The van der Waals surface area contributed by atoms with Crippen LogP contribution in [0.2, 0.25) is 5.28 Å². The van der Waals surface area contributed by atoms with Gasteiger partial charge in [-0.3, -0.25) is 4.57 Å². The van der Waals surface area contributed by atoms with Crippen molar-refractivity contribution in [1.82, 2.24) is 48.6 Å². The average molecular weight is 1660 g/mol. The number of rotatable bonds is 7. The Morgan fingerprint density at radius 3 is 0.992 bits per heavy atom. The van der Waals surface area contributed by atoms with Gasteiger partial charge in [-0.1, -0.05) is 376 Å². The van der Waals surface area contributed by atoms with Crippen molar-refractivity contribution in [2.45, 2.75) is 10.8 Å². The minimum atomic E-state index is -0.490. The molecule has 0 unspecified atom stereocenters. The van der Waals surface area contributed by atoms with Crippen molar-refractivity contribution in [3.63, 3.8) is 0 Å². The van der Waals surface area contributed by atoms with Crippen molar-refractivity contribution in [1.29, 1.82) is 0 Å². The van der Waals surface area contributed by atoms with E-state index in [0.717, 1.165) is 71.9 Å². The van der Waals surface area contributed by atoms with Crippen LogP contribution in [0.1, 0.15) is 45.9 Å². The van der Waals surface area contributed by atoms with Crippen LogP contribution in [0.25, 0.3) is 195 Å². The van der Waals surface area contributed by atoms with Crippen molar-refractivity contribution in [3.8, 4) is 107 Å². The molecule has 0 saturated heterocycles. The van der Waals surface area contributed by atoms with Crippen LogP contribution in [0.15, 0.2) is 425 Å². The van der Waals surface area contributed by atoms with E-state index in [1.54, 1.807) is 0 Å². The maximum atomic E-state index is 6.49. The molecule has 0 fully saturated rings. The van der Waals surface area contributed by atoms with E-state index >= 15 is 0 Å². The number of nitrogens with one attached hydrogen (secondary N) is 1. The van der Waals surface area contributed by atoms with Crippen LogP contribution < -0.4 is 29.6 Å². The molecule has 0 bridgehead atoms. The second-order valence-electron chi connectivity index (χ2n) is 33.1. The molecule has 0 atom stereocenters. The third-order valence-electron chi connectivity index (χ3n) is 26.8. The topological polar surface area (TPSA) is 108 Å². The first-order chi connectivity index (χ1) is 63.0. The van der Waals surface area contributed by atoms with Crippen LogP contribution >= 0.6 is 11.6 Å². The molecule has 24 aromatic rings. The van der Waals surface area contributed by atoms with Crippen molar-refractivity contribution in [3.05, 3.63) is 474 Å². The van der Waals surface area contributed by atoms with Crippen molar-refractivity contribution < 1.29 is 31.0 Å². The summed E-state index contributed by atoms with van der Waals surface area (Å²) in [4.78, 5) is 34.1.